The summed E-state index contributed by atoms with van der Waals surface area (Å²) in [6, 6.07) is 18.5. The summed E-state index contributed by atoms with van der Waals surface area (Å²) in [6.45, 7) is 0.955. The summed E-state index contributed by atoms with van der Waals surface area (Å²) in [7, 11) is -3.63. The lowest BCUT2D eigenvalue weighted by Crippen LogP contribution is -2.50. The second-order valence-electron chi connectivity index (χ2n) is 7.81. The highest BCUT2D eigenvalue weighted by atomic mass is 79.9. The van der Waals surface area contributed by atoms with Crippen molar-refractivity contribution >= 4 is 48.5 Å². The van der Waals surface area contributed by atoms with Crippen LogP contribution in [0.15, 0.2) is 70.0 Å². The van der Waals surface area contributed by atoms with E-state index in [0.717, 1.165) is 26.5 Å². The molecule has 0 radical (unpaired) electrons. The van der Waals surface area contributed by atoms with Crippen LogP contribution < -0.4 is 4.90 Å². The number of hydrogen-bond donors (Lipinski definition) is 0. The molecule has 1 amide bonds. The highest BCUT2D eigenvalue weighted by molar-refractivity contribution is 9.10. The van der Waals surface area contributed by atoms with Crippen LogP contribution in [0.2, 0.25) is 0 Å². The molecular formula is C23H21BrN2O4S. The third-order valence-electron chi connectivity index (χ3n) is 6.00. The van der Waals surface area contributed by atoms with Crippen LogP contribution in [0.1, 0.15) is 18.4 Å². The minimum Gasteiger partial charge on any atom is -0.444 e. The van der Waals surface area contributed by atoms with E-state index in [1.807, 2.05) is 48.5 Å². The second-order valence-corrected chi connectivity index (χ2v) is 10.6. The zero-order chi connectivity index (χ0) is 21.6. The van der Waals surface area contributed by atoms with Crippen LogP contribution in [0, 0.1) is 0 Å². The molecule has 0 bridgehead atoms. The Hall–Kier alpha value is -2.42. The zero-order valence-electron chi connectivity index (χ0n) is 16.7. The van der Waals surface area contributed by atoms with Crippen LogP contribution in [0.4, 0.5) is 10.5 Å². The molecule has 160 valence electrons. The molecule has 1 fully saturated rings. The number of anilines is 1. The fourth-order valence-electron chi connectivity index (χ4n) is 4.46. The van der Waals surface area contributed by atoms with E-state index in [1.165, 1.54) is 4.31 Å². The Morgan fingerprint density at radius 3 is 2.52 bits per heavy atom. The molecule has 8 heteroatoms. The number of sulfonamides is 1. The number of cyclic esters (lactones) is 1. The van der Waals surface area contributed by atoms with Gasteiger partial charge in [0.15, 0.2) is 0 Å². The fourth-order valence-corrected chi connectivity index (χ4v) is 6.55. The van der Waals surface area contributed by atoms with E-state index in [9.17, 15) is 13.2 Å². The largest absolute Gasteiger partial charge is 0.444 e. The van der Waals surface area contributed by atoms with Crippen molar-refractivity contribution in [3.8, 4) is 0 Å². The lowest BCUT2D eigenvalue weighted by atomic mass is 10.0. The minimum absolute atomic E-state index is 0.105. The molecule has 3 aromatic rings. The molecule has 0 aliphatic carbocycles. The number of amides is 1. The molecule has 31 heavy (non-hydrogen) atoms. The summed E-state index contributed by atoms with van der Waals surface area (Å²) >= 11 is 3.46. The summed E-state index contributed by atoms with van der Waals surface area (Å²) in [5.74, 6) is 0. The number of carbonyl (C=O) groups excluding carboxylic acids is 1. The van der Waals surface area contributed by atoms with Crippen LogP contribution >= 0.6 is 15.9 Å². The summed E-state index contributed by atoms with van der Waals surface area (Å²) in [6.07, 6.45) is 0.730. The smallest absolute Gasteiger partial charge is 0.414 e. The summed E-state index contributed by atoms with van der Waals surface area (Å²) in [5.41, 5.74) is 1.79. The van der Waals surface area contributed by atoms with E-state index < -0.39 is 10.0 Å². The summed E-state index contributed by atoms with van der Waals surface area (Å²) in [4.78, 5) is 14.6. The van der Waals surface area contributed by atoms with Gasteiger partial charge < -0.3 is 4.74 Å². The first-order chi connectivity index (χ1) is 14.9. The van der Waals surface area contributed by atoms with Crippen molar-refractivity contribution < 1.29 is 17.9 Å². The summed E-state index contributed by atoms with van der Waals surface area (Å²) in [5, 5.41) is 1.63. The average Bonchev–Trinajstić information content (AvgIpc) is 2.79. The monoisotopic (exact) mass is 500 g/mol. The number of nitrogens with zero attached hydrogens (tertiary/aromatic N) is 2. The van der Waals surface area contributed by atoms with Gasteiger partial charge in [0.1, 0.15) is 6.61 Å². The highest BCUT2D eigenvalue weighted by Crippen LogP contribution is 2.35. The predicted molar refractivity (Wildman–Crippen MR) is 123 cm³/mol. The van der Waals surface area contributed by atoms with Crippen LogP contribution in [0.3, 0.4) is 0 Å². The number of piperidine rings is 1. The number of benzene rings is 3. The number of halogens is 1. The highest BCUT2D eigenvalue weighted by Gasteiger charge is 2.37. The van der Waals surface area contributed by atoms with Crippen molar-refractivity contribution in [2.75, 3.05) is 18.0 Å². The van der Waals surface area contributed by atoms with Crippen molar-refractivity contribution in [2.45, 2.75) is 30.4 Å². The van der Waals surface area contributed by atoms with Gasteiger partial charge in [0, 0.05) is 34.6 Å². The topological polar surface area (TPSA) is 66.9 Å². The molecule has 0 saturated carbocycles. The molecule has 1 saturated heterocycles. The molecule has 3 aromatic carbocycles. The Labute approximate surface area is 189 Å². The van der Waals surface area contributed by atoms with Gasteiger partial charge in [-0.15, -0.1) is 0 Å². The van der Waals surface area contributed by atoms with Crippen LogP contribution in [-0.2, 0) is 21.4 Å². The zero-order valence-corrected chi connectivity index (χ0v) is 19.1. The molecular weight excluding hydrogens is 480 g/mol. The molecule has 2 heterocycles. The van der Waals surface area contributed by atoms with Gasteiger partial charge in [0.05, 0.1) is 10.6 Å². The van der Waals surface area contributed by atoms with Crippen LogP contribution in [0.25, 0.3) is 10.8 Å². The Kier molecular flexibility index (Phi) is 5.24. The average molecular weight is 501 g/mol. The normalized spacial score (nSPS) is 18.1. The van der Waals surface area contributed by atoms with Gasteiger partial charge >= 0.3 is 6.09 Å². The van der Waals surface area contributed by atoms with Gasteiger partial charge in [-0.25, -0.2) is 13.2 Å². The van der Waals surface area contributed by atoms with Gasteiger partial charge in [0.2, 0.25) is 10.0 Å². The van der Waals surface area contributed by atoms with Crippen molar-refractivity contribution in [3.63, 3.8) is 0 Å². The van der Waals surface area contributed by atoms with Gasteiger partial charge in [-0.1, -0.05) is 52.3 Å². The van der Waals surface area contributed by atoms with Crippen molar-refractivity contribution in [3.05, 3.63) is 70.7 Å². The molecule has 0 unspecified atom stereocenters. The predicted octanol–water partition coefficient (Wildman–Crippen LogP) is 4.91. The molecule has 2 aliphatic rings. The number of hydrogen-bond acceptors (Lipinski definition) is 4. The lowest BCUT2D eigenvalue weighted by molar-refractivity contribution is 0.135. The van der Waals surface area contributed by atoms with Crippen molar-refractivity contribution in [1.82, 2.24) is 4.31 Å². The van der Waals surface area contributed by atoms with Crippen molar-refractivity contribution in [2.24, 2.45) is 0 Å². The molecule has 0 atom stereocenters. The number of fused-ring (bicyclic) bond motifs is 2. The molecule has 0 aromatic heterocycles. The Morgan fingerprint density at radius 1 is 0.968 bits per heavy atom. The van der Waals surface area contributed by atoms with Gasteiger partial charge in [-0.05, 0) is 42.5 Å². The van der Waals surface area contributed by atoms with Gasteiger partial charge in [-0.3, -0.25) is 4.90 Å². The van der Waals surface area contributed by atoms with Gasteiger partial charge in [-0.2, -0.15) is 4.31 Å². The van der Waals surface area contributed by atoms with Crippen LogP contribution in [-0.4, -0.2) is 37.9 Å². The van der Waals surface area contributed by atoms with E-state index >= 15 is 0 Å². The third-order valence-corrected chi connectivity index (χ3v) is 8.46. The maximum atomic E-state index is 13.4. The Bertz CT molecular complexity index is 1260. The number of ether oxygens (including phenoxy) is 1. The Morgan fingerprint density at radius 2 is 1.71 bits per heavy atom. The standard InChI is InChI=1S/C23H21BrN2O4S/c24-18-8-9-21-17(14-18)15-30-23(27)26(21)19-10-12-25(13-11-19)31(28,29)22-7-3-5-16-4-1-2-6-20(16)22/h1-9,14,19H,10-13,15H2. The first-order valence-electron chi connectivity index (χ1n) is 10.2. The summed E-state index contributed by atoms with van der Waals surface area (Å²) < 4.78 is 34.6. The maximum Gasteiger partial charge on any atom is 0.414 e. The molecule has 2 aliphatic heterocycles. The first-order valence-corrected chi connectivity index (χ1v) is 12.4. The minimum atomic E-state index is -3.63. The van der Waals surface area contributed by atoms with Crippen molar-refractivity contribution in [1.29, 1.82) is 0 Å². The number of rotatable bonds is 3. The number of carbonyl (C=O) groups is 1. The maximum absolute atomic E-state index is 13.4. The third kappa shape index (κ3) is 3.62. The van der Waals surface area contributed by atoms with E-state index in [4.69, 9.17) is 4.74 Å². The fraction of sp³-hybridized carbons (Fsp3) is 0.261. The lowest BCUT2D eigenvalue weighted by Gasteiger charge is -2.39. The first kappa shape index (κ1) is 20.5. The molecule has 5 rings (SSSR count). The molecule has 0 spiro atoms. The quantitative estimate of drug-likeness (QED) is 0.512. The van der Waals surface area contributed by atoms with E-state index in [-0.39, 0.29) is 18.7 Å². The second kappa shape index (κ2) is 7.93. The molecule has 0 N–H and O–H groups in total. The van der Waals surface area contributed by atoms with E-state index in [1.54, 1.807) is 17.0 Å². The van der Waals surface area contributed by atoms with E-state index in [0.29, 0.717) is 30.8 Å². The van der Waals surface area contributed by atoms with Crippen LogP contribution in [0.5, 0.6) is 0 Å². The van der Waals surface area contributed by atoms with E-state index in [2.05, 4.69) is 15.9 Å². The molecule has 6 nitrogen and oxygen atoms in total. The SMILES string of the molecule is O=C1OCc2cc(Br)ccc2N1C1CCN(S(=O)(=O)c2cccc3ccccc23)CC1. The van der Waals surface area contributed by atoms with Gasteiger partial charge in [0.25, 0.3) is 0 Å². The Balaban J connectivity index is 1.39.